The fourth-order valence-corrected chi connectivity index (χ4v) is 3.76. The van der Waals surface area contributed by atoms with Crippen LogP contribution in [0.25, 0.3) is 0 Å². The number of ether oxygens (including phenoxy) is 2. The third kappa shape index (κ3) is 6.39. The zero-order valence-corrected chi connectivity index (χ0v) is 19.5. The van der Waals surface area contributed by atoms with Crippen molar-refractivity contribution in [3.8, 4) is 11.5 Å². The van der Waals surface area contributed by atoms with Crippen molar-refractivity contribution in [3.63, 3.8) is 0 Å². The second-order valence-electron chi connectivity index (χ2n) is 7.91. The van der Waals surface area contributed by atoms with E-state index in [0.29, 0.717) is 37.0 Å². The van der Waals surface area contributed by atoms with Crippen LogP contribution in [0.15, 0.2) is 42.5 Å². The Morgan fingerprint density at radius 1 is 1.12 bits per heavy atom. The van der Waals surface area contributed by atoms with Gasteiger partial charge in [-0.05, 0) is 49.1 Å². The van der Waals surface area contributed by atoms with Gasteiger partial charge in [0.2, 0.25) is 11.8 Å². The maximum absolute atomic E-state index is 13.2. The normalized spacial score (nSPS) is 13.3. The largest absolute Gasteiger partial charge is 0.486 e. The van der Waals surface area contributed by atoms with E-state index in [9.17, 15) is 9.59 Å². The third-order valence-corrected chi connectivity index (χ3v) is 5.90. The molecule has 2 aromatic rings. The minimum atomic E-state index is -0.601. The molecule has 0 saturated carbocycles. The fraction of sp³-hybridized carbons (Fsp3) is 0.440. The molecule has 0 saturated heterocycles. The van der Waals surface area contributed by atoms with Crippen molar-refractivity contribution in [1.29, 1.82) is 0 Å². The van der Waals surface area contributed by atoms with Crippen molar-refractivity contribution in [3.05, 3.63) is 58.6 Å². The lowest BCUT2D eigenvalue weighted by Gasteiger charge is -2.29. The Kier molecular flexibility index (Phi) is 8.80. The number of hydrogen-bond acceptors (Lipinski definition) is 4. The standard InChI is InChI=1S/C25H31ClN2O4/c1-3-4-13-27-25(30)18(2)28(17-20-7-5-6-8-21(20)26)24(29)12-10-19-9-11-22-23(16-19)32-15-14-31-22/h5-9,11,16,18H,3-4,10,12-15,17H2,1-2H3,(H,27,30)/t18-/m0/s1. The van der Waals surface area contributed by atoms with Crippen molar-refractivity contribution in [2.75, 3.05) is 19.8 Å². The summed E-state index contributed by atoms with van der Waals surface area (Å²) < 4.78 is 11.2. The van der Waals surface area contributed by atoms with Gasteiger partial charge < -0.3 is 19.7 Å². The first-order valence-corrected chi connectivity index (χ1v) is 11.6. The number of aryl methyl sites for hydroxylation is 1. The molecular weight excluding hydrogens is 428 g/mol. The topological polar surface area (TPSA) is 67.9 Å². The summed E-state index contributed by atoms with van der Waals surface area (Å²) in [5.74, 6) is 1.18. The molecule has 172 valence electrons. The third-order valence-electron chi connectivity index (χ3n) is 5.53. The lowest BCUT2D eigenvalue weighted by atomic mass is 10.1. The van der Waals surface area contributed by atoms with Crippen LogP contribution in [0.1, 0.15) is 44.2 Å². The lowest BCUT2D eigenvalue weighted by Crippen LogP contribution is -2.47. The second kappa shape index (κ2) is 11.8. The van der Waals surface area contributed by atoms with Crippen molar-refractivity contribution in [1.82, 2.24) is 10.2 Å². The van der Waals surface area contributed by atoms with Gasteiger partial charge in [-0.25, -0.2) is 0 Å². The minimum absolute atomic E-state index is 0.0991. The molecule has 0 aliphatic carbocycles. The van der Waals surface area contributed by atoms with Gasteiger partial charge in [-0.1, -0.05) is 49.2 Å². The molecule has 1 aliphatic heterocycles. The van der Waals surface area contributed by atoms with Gasteiger partial charge in [0, 0.05) is 24.5 Å². The first-order valence-electron chi connectivity index (χ1n) is 11.2. The summed E-state index contributed by atoms with van der Waals surface area (Å²) in [6, 6.07) is 12.5. The Morgan fingerprint density at radius 2 is 1.88 bits per heavy atom. The molecule has 0 fully saturated rings. The fourth-order valence-electron chi connectivity index (χ4n) is 3.57. The molecule has 0 spiro atoms. The first kappa shape index (κ1) is 23.9. The Hall–Kier alpha value is -2.73. The lowest BCUT2D eigenvalue weighted by molar-refractivity contribution is -0.140. The van der Waals surface area contributed by atoms with E-state index >= 15 is 0 Å². The van der Waals surface area contributed by atoms with Crippen LogP contribution in [-0.2, 0) is 22.6 Å². The zero-order chi connectivity index (χ0) is 22.9. The number of nitrogens with one attached hydrogen (secondary N) is 1. The van der Waals surface area contributed by atoms with Crippen LogP contribution in [0, 0.1) is 0 Å². The summed E-state index contributed by atoms with van der Waals surface area (Å²) >= 11 is 6.34. The van der Waals surface area contributed by atoms with Crippen molar-refractivity contribution < 1.29 is 19.1 Å². The van der Waals surface area contributed by atoms with Gasteiger partial charge in [0.25, 0.3) is 0 Å². The molecular formula is C25H31ClN2O4. The van der Waals surface area contributed by atoms with E-state index in [-0.39, 0.29) is 24.8 Å². The average Bonchev–Trinajstić information content (AvgIpc) is 2.81. The molecule has 1 heterocycles. The van der Waals surface area contributed by atoms with Crippen molar-refractivity contribution >= 4 is 23.4 Å². The van der Waals surface area contributed by atoms with Crippen molar-refractivity contribution in [2.45, 2.75) is 52.1 Å². The van der Waals surface area contributed by atoms with E-state index in [0.717, 1.165) is 29.7 Å². The van der Waals surface area contributed by atoms with E-state index in [4.69, 9.17) is 21.1 Å². The highest BCUT2D eigenvalue weighted by molar-refractivity contribution is 6.31. The minimum Gasteiger partial charge on any atom is -0.486 e. The van der Waals surface area contributed by atoms with Crippen LogP contribution in [0.4, 0.5) is 0 Å². The maximum atomic E-state index is 13.2. The van der Waals surface area contributed by atoms with Gasteiger partial charge >= 0.3 is 0 Å². The van der Waals surface area contributed by atoms with E-state index in [2.05, 4.69) is 12.2 Å². The molecule has 0 bridgehead atoms. The Morgan fingerprint density at radius 3 is 2.62 bits per heavy atom. The molecule has 0 radical (unpaired) electrons. The molecule has 1 N–H and O–H groups in total. The highest BCUT2D eigenvalue weighted by Gasteiger charge is 2.26. The molecule has 7 heteroatoms. The molecule has 3 rings (SSSR count). The average molecular weight is 459 g/mol. The smallest absolute Gasteiger partial charge is 0.242 e. The van der Waals surface area contributed by atoms with Gasteiger partial charge in [-0.15, -0.1) is 0 Å². The number of amides is 2. The summed E-state index contributed by atoms with van der Waals surface area (Å²) in [5.41, 5.74) is 1.80. The Balaban J connectivity index is 1.70. The number of benzene rings is 2. The number of fused-ring (bicyclic) bond motifs is 1. The van der Waals surface area contributed by atoms with Gasteiger partial charge in [0.05, 0.1) is 0 Å². The monoisotopic (exact) mass is 458 g/mol. The predicted molar refractivity (Wildman–Crippen MR) is 125 cm³/mol. The summed E-state index contributed by atoms with van der Waals surface area (Å²) in [4.78, 5) is 27.6. The highest BCUT2D eigenvalue weighted by atomic mass is 35.5. The highest BCUT2D eigenvalue weighted by Crippen LogP contribution is 2.31. The first-order chi connectivity index (χ1) is 15.5. The zero-order valence-electron chi connectivity index (χ0n) is 18.7. The summed E-state index contributed by atoms with van der Waals surface area (Å²) in [5, 5.41) is 3.51. The van der Waals surface area contributed by atoms with E-state index in [1.165, 1.54) is 0 Å². The molecule has 1 atom stereocenters. The van der Waals surface area contributed by atoms with Crippen molar-refractivity contribution in [2.24, 2.45) is 0 Å². The SMILES string of the molecule is CCCCNC(=O)[C@H](C)N(Cc1ccccc1Cl)C(=O)CCc1ccc2c(c1)OCCO2. The predicted octanol–water partition coefficient (Wildman–Crippen LogP) is 4.38. The van der Waals surface area contributed by atoms with Gasteiger partial charge in [-0.2, -0.15) is 0 Å². The molecule has 2 aromatic carbocycles. The summed E-state index contributed by atoms with van der Waals surface area (Å²) in [7, 11) is 0. The van der Waals surface area contributed by atoms with Crippen LogP contribution in [0.2, 0.25) is 5.02 Å². The quantitative estimate of drug-likeness (QED) is 0.536. The van der Waals surface area contributed by atoms with Crippen LogP contribution in [0.3, 0.4) is 0 Å². The number of nitrogens with zero attached hydrogens (tertiary/aromatic N) is 1. The van der Waals surface area contributed by atoms with E-state index in [1.807, 2.05) is 36.4 Å². The van der Waals surface area contributed by atoms with E-state index < -0.39 is 6.04 Å². The molecule has 0 unspecified atom stereocenters. The Bertz CT molecular complexity index is 934. The van der Waals surface area contributed by atoms with Crippen LogP contribution < -0.4 is 14.8 Å². The molecule has 6 nitrogen and oxygen atoms in total. The number of hydrogen-bond donors (Lipinski definition) is 1. The van der Waals surface area contributed by atoms with Crippen LogP contribution in [0.5, 0.6) is 11.5 Å². The molecule has 0 aromatic heterocycles. The van der Waals surface area contributed by atoms with Crippen LogP contribution >= 0.6 is 11.6 Å². The molecule has 2 amide bonds. The number of unbranched alkanes of at least 4 members (excludes halogenated alkanes) is 1. The summed E-state index contributed by atoms with van der Waals surface area (Å²) in [6.07, 6.45) is 2.71. The maximum Gasteiger partial charge on any atom is 0.242 e. The number of carbonyl (C=O) groups excluding carboxylic acids is 2. The van der Waals surface area contributed by atoms with Gasteiger partial charge in [-0.3, -0.25) is 9.59 Å². The molecule has 32 heavy (non-hydrogen) atoms. The summed E-state index contributed by atoms with van der Waals surface area (Å²) in [6.45, 7) is 5.78. The number of carbonyl (C=O) groups is 2. The number of halogens is 1. The second-order valence-corrected chi connectivity index (χ2v) is 8.32. The Labute approximate surface area is 194 Å². The van der Waals surface area contributed by atoms with Gasteiger partial charge in [0.1, 0.15) is 19.3 Å². The van der Waals surface area contributed by atoms with Crippen LogP contribution in [-0.4, -0.2) is 42.5 Å². The van der Waals surface area contributed by atoms with Gasteiger partial charge in [0.15, 0.2) is 11.5 Å². The molecule has 1 aliphatic rings. The number of rotatable bonds is 10. The van der Waals surface area contributed by atoms with E-state index in [1.54, 1.807) is 17.9 Å².